The number of carbonyl (C=O) groups excluding carboxylic acids is 1. The summed E-state index contributed by atoms with van der Waals surface area (Å²) in [6, 6.07) is 12.4. The average molecular weight is 330 g/mol. The zero-order valence-electron chi connectivity index (χ0n) is 15.6. The van der Waals surface area contributed by atoms with Crippen molar-refractivity contribution in [3.63, 3.8) is 0 Å². The first-order valence-electron chi connectivity index (χ1n) is 8.56. The first-order valence-corrected chi connectivity index (χ1v) is 8.56. The van der Waals surface area contributed by atoms with E-state index in [1.165, 1.54) is 0 Å². The fourth-order valence-corrected chi connectivity index (χ4v) is 3.25. The van der Waals surface area contributed by atoms with E-state index >= 15 is 0 Å². The minimum absolute atomic E-state index is 0.227. The standard InChI is InChI=1S/C20H30N2O2/c1-6-24-18(23)15-19(2,3)20(16-21,13-10-14-22(4)5)17-11-8-7-9-12-17/h7-9,11-12H,6,10,13-15H2,1-5H3. The molecule has 0 saturated heterocycles. The maximum Gasteiger partial charge on any atom is 0.306 e. The molecule has 132 valence electrons. The van der Waals surface area contributed by atoms with E-state index in [0.29, 0.717) is 13.0 Å². The van der Waals surface area contributed by atoms with E-state index in [1.54, 1.807) is 6.92 Å². The monoisotopic (exact) mass is 330 g/mol. The number of carbonyl (C=O) groups is 1. The van der Waals surface area contributed by atoms with Gasteiger partial charge in [0.25, 0.3) is 0 Å². The number of esters is 1. The molecule has 24 heavy (non-hydrogen) atoms. The normalized spacial score (nSPS) is 14.0. The summed E-state index contributed by atoms with van der Waals surface area (Å²) in [5, 5.41) is 10.2. The van der Waals surface area contributed by atoms with Crippen LogP contribution < -0.4 is 0 Å². The van der Waals surface area contributed by atoms with E-state index in [1.807, 2.05) is 58.3 Å². The maximum absolute atomic E-state index is 12.1. The van der Waals surface area contributed by atoms with E-state index in [4.69, 9.17) is 4.74 Å². The molecule has 1 aromatic carbocycles. The molecule has 0 aliphatic carbocycles. The second-order valence-corrected chi connectivity index (χ2v) is 7.16. The highest BCUT2D eigenvalue weighted by atomic mass is 16.5. The summed E-state index contributed by atoms with van der Waals surface area (Å²) in [7, 11) is 4.06. The molecule has 4 nitrogen and oxygen atoms in total. The lowest BCUT2D eigenvalue weighted by atomic mass is 9.59. The number of hydrogen-bond acceptors (Lipinski definition) is 4. The lowest BCUT2D eigenvalue weighted by molar-refractivity contribution is -0.146. The molecule has 0 aromatic heterocycles. The van der Waals surface area contributed by atoms with Crippen LogP contribution in [-0.4, -0.2) is 38.1 Å². The van der Waals surface area contributed by atoms with Crippen LogP contribution in [-0.2, 0) is 14.9 Å². The topological polar surface area (TPSA) is 53.3 Å². The Bertz CT molecular complexity index is 561. The predicted octanol–water partition coefficient (Wildman–Crippen LogP) is 3.77. The first-order chi connectivity index (χ1) is 11.3. The Balaban J connectivity index is 3.20. The van der Waals surface area contributed by atoms with Crippen molar-refractivity contribution in [1.29, 1.82) is 5.26 Å². The Hall–Kier alpha value is -1.86. The molecular formula is C20H30N2O2. The largest absolute Gasteiger partial charge is 0.466 e. The van der Waals surface area contributed by atoms with Crippen molar-refractivity contribution in [2.45, 2.75) is 45.4 Å². The third kappa shape index (κ3) is 4.82. The summed E-state index contributed by atoms with van der Waals surface area (Å²) in [4.78, 5) is 14.2. The molecule has 0 amide bonds. The van der Waals surface area contributed by atoms with Crippen LogP contribution in [0.3, 0.4) is 0 Å². The molecule has 0 N–H and O–H groups in total. The smallest absolute Gasteiger partial charge is 0.306 e. The van der Waals surface area contributed by atoms with Crippen LogP contribution in [0.15, 0.2) is 30.3 Å². The molecule has 0 aliphatic rings. The summed E-state index contributed by atoms with van der Waals surface area (Å²) in [6.45, 7) is 7.06. The van der Waals surface area contributed by atoms with Crippen LogP contribution in [0.25, 0.3) is 0 Å². The van der Waals surface area contributed by atoms with Gasteiger partial charge in [-0.1, -0.05) is 44.2 Å². The van der Waals surface area contributed by atoms with E-state index in [2.05, 4.69) is 11.0 Å². The number of nitrogens with zero attached hydrogens (tertiary/aromatic N) is 2. The van der Waals surface area contributed by atoms with Crippen LogP contribution in [0.4, 0.5) is 0 Å². The van der Waals surface area contributed by atoms with Crippen LogP contribution in [0.5, 0.6) is 0 Å². The van der Waals surface area contributed by atoms with Gasteiger partial charge < -0.3 is 9.64 Å². The van der Waals surface area contributed by atoms with Crippen LogP contribution >= 0.6 is 0 Å². The zero-order chi connectivity index (χ0) is 18.2. The number of rotatable bonds is 9. The number of nitriles is 1. The van der Waals surface area contributed by atoms with Gasteiger partial charge in [-0.25, -0.2) is 0 Å². The van der Waals surface area contributed by atoms with Gasteiger partial charge >= 0.3 is 5.97 Å². The number of benzene rings is 1. The molecule has 0 radical (unpaired) electrons. The summed E-state index contributed by atoms with van der Waals surface area (Å²) in [6.07, 6.45) is 1.82. The van der Waals surface area contributed by atoms with Crippen molar-refractivity contribution >= 4 is 5.97 Å². The van der Waals surface area contributed by atoms with Gasteiger partial charge in [-0.15, -0.1) is 0 Å². The van der Waals surface area contributed by atoms with Crippen LogP contribution in [0.1, 0.15) is 45.6 Å². The van der Waals surface area contributed by atoms with Crippen LogP contribution in [0.2, 0.25) is 0 Å². The second kappa shape index (κ2) is 8.84. The van der Waals surface area contributed by atoms with Crippen molar-refractivity contribution in [3.8, 4) is 6.07 Å². The maximum atomic E-state index is 12.1. The number of ether oxygens (including phenoxy) is 1. The Morgan fingerprint density at radius 2 is 1.88 bits per heavy atom. The Labute approximate surface area is 146 Å². The highest BCUT2D eigenvalue weighted by Gasteiger charge is 2.47. The number of hydrogen-bond donors (Lipinski definition) is 0. The molecule has 0 saturated carbocycles. The molecule has 0 aliphatic heterocycles. The van der Waals surface area contributed by atoms with Crippen LogP contribution in [0, 0.1) is 16.7 Å². The van der Waals surface area contributed by atoms with Gasteiger partial charge in [-0.05, 0) is 51.4 Å². The highest BCUT2D eigenvalue weighted by Crippen LogP contribution is 2.47. The molecule has 0 heterocycles. The van der Waals surface area contributed by atoms with Gasteiger partial charge in [0, 0.05) is 0 Å². The lowest BCUT2D eigenvalue weighted by Gasteiger charge is -2.42. The van der Waals surface area contributed by atoms with Crippen molar-refractivity contribution in [2.75, 3.05) is 27.2 Å². The van der Waals surface area contributed by atoms with Gasteiger partial charge in [-0.3, -0.25) is 4.79 Å². The minimum atomic E-state index is -0.725. The fraction of sp³-hybridized carbons (Fsp3) is 0.600. The summed E-state index contributed by atoms with van der Waals surface area (Å²) < 4.78 is 5.14. The predicted molar refractivity (Wildman–Crippen MR) is 96.6 cm³/mol. The molecule has 1 aromatic rings. The molecule has 4 heteroatoms. The highest BCUT2D eigenvalue weighted by molar-refractivity contribution is 5.70. The molecule has 1 atom stereocenters. The van der Waals surface area contributed by atoms with Gasteiger partial charge in [0.05, 0.1) is 24.5 Å². The van der Waals surface area contributed by atoms with Gasteiger partial charge in [0.2, 0.25) is 0 Å². The minimum Gasteiger partial charge on any atom is -0.466 e. The van der Waals surface area contributed by atoms with Gasteiger partial charge in [-0.2, -0.15) is 5.26 Å². The van der Waals surface area contributed by atoms with E-state index in [0.717, 1.165) is 18.5 Å². The fourth-order valence-electron chi connectivity index (χ4n) is 3.25. The second-order valence-electron chi connectivity index (χ2n) is 7.16. The SMILES string of the molecule is CCOC(=O)CC(C)(C)C(C#N)(CCCN(C)C)c1ccccc1. The van der Waals surface area contributed by atoms with Crippen molar-refractivity contribution < 1.29 is 9.53 Å². The summed E-state index contributed by atoms with van der Waals surface area (Å²) >= 11 is 0. The molecule has 0 bridgehead atoms. The van der Waals surface area contributed by atoms with E-state index in [-0.39, 0.29) is 12.4 Å². The van der Waals surface area contributed by atoms with E-state index in [9.17, 15) is 10.1 Å². The Morgan fingerprint density at radius 3 is 2.38 bits per heavy atom. The summed E-state index contributed by atoms with van der Waals surface area (Å²) in [5.41, 5.74) is -0.279. The molecule has 0 spiro atoms. The Kier molecular flexibility index (Phi) is 7.44. The first kappa shape index (κ1) is 20.2. The third-order valence-corrected chi connectivity index (χ3v) is 4.66. The Morgan fingerprint density at radius 1 is 1.25 bits per heavy atom. The average Bonchev–Trinajstić information content (AvgIpc) is 2.51. The third-order valence-electron chi connectivity index (χ3n) is 4.66. The van der Waals surface area contributed by atoms with Gasteiger partial charge in [0.15, 0.2) is 0 Å². The molecule has 1 unspecified atom stereocenters. The van der Waals surface area contributed by atoms with Crippen molar-refractivity contribution in [3.05, 3.63) is 35.9 Å². The van der Waals surface area contributed by atoms with Gasteiger partial charge in [0.1, 0.15) is 0 Å². The quantitative estimate of drug-likeness (QED) is 0.647. The molecular weight excluding hydrogens is 300 g/mol. The van der Waals surface area contributed by atoms with Crippen molar-refractivity contribution in [2.24, 2.45) is 5.41 Å². The van der Waals surface area contributed by atoms with E-state index < -0.39 is 10.8 Å². The lowest BCUT2D eigenvalue weighted by Crippen LogP contribution is -2.43. The molecule has 1 rings (SSSR count). The zero-order valence-corrected chi connectivity index (χ0v) is 15.6. The summed E-state index contributed by atoms with van der Waals surface area (Å²) in [5.74, 6) is -0.245. The van der Waals surface area contributed by atoms with Crippen molar-refractivity contribution in [1.82, 2.24) is 4.90 Å². The molecule has 0 fully saturated rings.